The van der Waals surface area contributed by atoms with Gasteiger partial charge in [0.2, 0.25) is 0 Å². The minimum Gasteiger partial charge on any atom is -0.480 e. The SMILES string of the molecule is O=CCCC(NC(=O)OCC1=C2C=CCC=C2c2ccccc21)C(=O)O. The number of carboxylic acids is 1. The van der Waals surface area contributed by atoms with E-state index in [9.17, 15) is 14.4 Å². The number of alkyl carbamates (subject to hydrolysis) is 1. The molecule has 2 aliphatic rings. The van der Waals surface area contributed by atoms with Gasteiger partial charge in [-0.15, -0.1) is 0 Å². The molecule has 0 saturated carbocycles. The molecule has 6 heteroatoms. The molecule has 1 unspecified atom stereocenters. The van der Waals surface area contributed by atoms with E-state index in [1.165, 1.54) is 0 Å². The fourth-order valence-corrected chi connectivity index (χ4v) is 3.19. The molecule has 1 aromatic carbocycles. The molecule has 0 bridgehead atoms. The average molecular weight is 353 g/mol. The molecule has 2 N–H and O–H groups in total. The predicted molar refractivity (Wildman–Crippen MR) is 96.3 cm³/mol. The van der Waals surface area contributed by atoms with Crippen molar-refractivity contribution >= 4 is 29.5 Å². The van der Waals surface area contributed by atoms with Crippen molar-refractivity contribution in [2.24, 2.45) is 0 Å². The molecule has 134 valence electrons. The van der Waals surface area contributed by atoms with Crippen molar-refractivity contribution in [2.45, 2.75) is 25.3 Å². The number of carboxylic acid groups (broad SMARTS) is 1. The number of hydrogen-bond donors (Lipinski definition) is 2. The monoisotopic (exact) mass is 353 g/mol. The fourth-order valence-electron chi connectivity index (χ4n) is 3.19. The molecule has 26 heavy (non-hydrogen) atoms. The number of amides is 1. The average Bonchev–Trinajstić information content (AvgIpc) is 2.97. The zero-order valence-corrected chi connectivity index (χ0v) is 14.1. The van der Waals surface area contributed by atoms with Gasteiger partial charge in [-0.3, -0.25) is 0 Å². The quantitative estimate of drug-likeness (QED) is 0.735. The van der Waals surface area contributed by atoms with Crippen molar-refractivity contribution in [3.8, 4) is 0 Å². The molecular formula is C20H19NO5. The smallest absolute Gasteiger partial charge is 0.408 e. The van der Waals surface area contributed by atoms with Crippen molar-refractivity contribution in [1.82, 2.24) is 5.32 Å². The van der Waals surface area contributed by atoms with Crippen molar-refractivity contribution in [3.63, 3.8) is 0 Å². The minimum absolute atomic E-state index is 0.0281. The van der Waals surface area contributed by atoms with E-state index in [0.29, 0.717) is 6.29 Å². The standard InChI is InChI=1S/C20H19NO5/c22-11-5-10-18(19(23)24)21-20(25)26-12-17-15-8-3-1-6-13(15)14-7-2-4-9-16(14)17/h1,3-4,6-9,11,18H,2,5,10,12H2,(H,21,25)(H,23,24). The van der Waals surface area contributed by atoms with Crippen LogP contribution in [0.4, 0.5) is 4.79 Å². The second kappa shape index (κ2) is 7.82. The maximum Gasteiger partial charge on any atom is 0.408 e. The van der Waals surface area contributed by atoms with E-state index in [-0.39, 0.29) is 19.4 Å². The minimum atomic E-state index is -1.20. The topological polar surface area (TPSA) is 92.7 Å². The van der Waals surface area contributed by atoms with Gasteiger partial charge in [-0.25, -0.2) is 9.59 Å². The maximum absolute atomic E-state index is 12.0. The molecule has 0 spiro atoms. The van der Waals surface area contributed by atoms with Crippen LogP contribution in [0.1, 0.15) is 30.4 Å². The van der Waals surface area contributed by atoms with Crippen molar-refractivity contribution < 1.29 is 24.2 Å². The number of hydrogen-bond acceptors (Lipinski definition) is 4. The highest BCUT2D eigenvalue weighted by Gasteiger charge is 2.27. The third kappa shape index (κ3) is 3.59. The highest BCUT2D eigenvalue weighted by molar-refractivity contribution is 6.03. The highest BCUT2D eigenvalue weighted by atomic mass is 16.5. The van der Waals surface area contributed by atoms with Crippen LogP contribution in [0.3, 0.4) is 0 Å². The van der Waals surface area contributed by atoms with E-state index in [2.05, 4.69) is 11.4 Å². The van der Waals surface area contributed by atoms with Gasteiger partial charge in [-0.1, -0.05) is 42.5 Å². The summed E-state index contributed by atoms with van der Waals surface area (Å²) in [5, 5.41) is 11.4. The molecule has 1 amide bonds. The Kier molecular flexibility index (Phi) is 5.31. The summed E-state index contributed by atoms with van der Waals surface area (Å²) in [6.07, 6.45) is 6.96. The first-order valence-electron chi connectivity index (χ1n) is 8.41. The summed E-state index contributed by atoms with van der Waals surface area (Å²) >= 11 is 0. The number of allylic oxidation sites excluding steroid dienone is 5. The first kappa shape index (κ1) is 17.7. The maximum atomic E-state index is 12.0. The number of carbonyl (C=O) groups excluding carboxylic acids is 2. The Morgan fingerprint density at radius 2 is 2.04 bits per heavy atom. The molecule has 6 nitrogen and oxygen atoms in total. The lowest BCUT2D eigenvalue weighted by atomic mass is 9.98. The number of rotatable bonds is 7. The van der Waals surface area contributed by atoms with Gasteiger partial charge in [0.25, 0.3) is 0 Å². The summed E-state index contributed by atoms with van der Waals surface area (Å²) in [5.41, 5.74) is 5.19. The third-order valence-corrected chi connectivity index (χ3v) is 4.41. The van der Waals surface area contributed by atoms with E-state index >= 15 is 0 Å². The van der Waals surface area contributed by atoms with Crippen LogP contribution in [0.25, 0.3) is 11.1 Å². The van der Waals surface area contributed by atoms with Crippen molar-refractivity contribution in [3.05, 3.63) is 59.2 Å². The molecule has 3 rings (SSSR count). The van der Waals surface area contributed by atoms with Crippen LogP contribution in [0, 0.1) is 0 Å². The second-order valence-corrected chi connectivity index (χ2v) is 6.05. The van der Waals surface area contributed by atoms with Crippen molar-refractivity contribution in [1.29, 1.82) is 0 Å². The molecule has 0 saturated heterocycles. The Labute approximate surface area is 150 Å². The van der Waals surface area contributed by atoms with Crippen LogP contribution in [-0.4, -0.2) is 36.1 Å². The van der Waals surface area contributed by atoms with E-state index in [0.717, 1.165) is 34.3 Å². The number of carbonyl (C=O) groups is 3. The largest absolute Gasteiger partial charge is 0.480 e. The molecule has 0 fully saturated rings. The summed E-state index contributed by atoms with van der Waals surface area (Å²) < 4.78 is 5.27. The fraction of sp³-hybridized carbons (Fsp3) is 0.250. The number of aldehydes is 1. The van der Waals surface area contributed by atoms with Gasteiger partial charge >= 0.3 is 12.1 Å². The van der Waals surface area contributed by atoms with Crippen LogP contribution in [0.5, 0.6) is 0 Å². The van der Waals surface area contributed by atoms with Gasteiger partial charge in [-0.2, -0.15) is 0 Å². The lowest BCUT2D eigenvalue weighted by Gasteiger charge is -2.14. The number of fused-ring (bicyclic) bond motifs is 3. The highest BCUT2D eigenvalue weighted by Crippen LogP contribution is 2.43. The van der Waals surface area contributed by atoms with E-state index in [4.69, 9.17) is 9.84 Å². The van der Waals surface area contributed by atoms with Gasteiger partial charge in [0, 0.05) is 12.0 Å². The van der Waals surface area contributed by atoms with Crippen LogP contribution < -0.4 is 5.32 Å². The summed E-state index contributed by atoms with van der Waals surface area (Å²) in [6, 6.07) is 6.77. The summed E-state index contributed by atoms with van der Waals surface area (Å²) in [6.45, 7) is 0.0415. The molecule has 0 aromatic heterocycles. The molecule has 1 atom stereocenters. The summed E-state index contributed by atoms with van der Waals surface area (Å²) in [5.74, 6) is -1.20. The molecule has 1 aromatic rings. The van der Waals surface area contributed by atoms with E-state index in [1.54, 1.807) is 0 Å². The lowest BCUT2D eigenvalue weighted by Crippen LogP contribution is -2.41. The van der Waals surface area contributed by atoms with Crippen LogP contribution in [0.2, 0.25) is 0 Å². The van der Waals surface area contributed by atoms with Gasteiger partial charge in [0.15, 0.2) is 0 Å². The van der Waals surface area contributed by atoms with E-state index in [1.807, 2.05) is 36.4 Å². The van der Waals surface area contributed by atoms with Gasteiger partial charge in [0.05, 0.1) is 0 Å². The van der Waals surface area contributed by atoms with Crippen LogP contribution in [0.15, 0.2) is 48.1 Å². The first-order valence-corrected chi connectivity index (χ1v) is 8.41. The summed E-state index contributed by atoms with van der Waals surface area (Å²) in [4.78, 5) is 33.6. The Balaban J connectivity index is 1.71. The van der Waals surface area contributed by atoms with Crippen LogP contribution >= 0.6 is 0 Å². The second-order valence-electron chi connectivity index (χ2n) is 6.05. The molecule has 0 radical (unpaired) electrons. The van der Waals surface area contributed by atoms with E-state index < -0.39 is 18.1 Å². The van der Waals surface area contributed by atoms with Crippen molar-refractivity contribution in [2.75, 3.05) is 6.61 Å². The lowest BCUT2D eigenvalue weighted by molar-refractivity contribution is -0.139. The number of ether oxygens (including phenoxy) is 1. The summed E-state index contributed by atoms with van der Waals surface area (Å²) in [7, 11) is 0. The Hall–Kier alpha value is -3.15. The van der Waals surface area contributed by atoms with Gasteiger partial charge in [0.1, 0.15) is 18.9 Å². The molecule has 0 aliphatic heterocycles. The van der Waals surface area contributed by atoms with Gasteiger partial charge in [-0.05, 0) is 35.1 Å². The normalized spacial score (nSPS) is 15.6. The Morgan fingerprint density at radius 3 is 2.77 bits per heavy atom. The predicted octanol–water partition coefficient (Wildman–Crippen LogP) is 2.96. The first-order chi connectivity index (χ1) is 12.6. The Bertz CT molecular complexity index is 834. The number of benzene rings is 1. The van der Waals surface area contributed by atoms with Crippen LogP contribution in [-0.2, 0) is 14.3 Å². The number of aliphatic carboxylic acids is 1. The number of nitrogens with one attached hydrogen (secondary N) is 1. The molecule has 0 heterocycles. The molecular weight excluding hydrogens is 334 g/mol. The molecule has 2 aliphatic carbocycles. The Morgan fingerprint density at radius 1 is 1.27 bits per heavy atom. The zero-order chi connectivity index (χ0) is 18.5. The zero-order valence-electron chi connectivity index (χ0n) is 14.1. The van der Waals surface area contributed by atoms with Gasteiger partial charge < -0.3 is 20.0 Å². The third-order valence-electron chi connectivity index (χ3n) is 4.41.